The third-order valence-electron chi connectivity index (χ3n) is 7.31. The van der Waals surface area contributed by atoms with Crippen molar-refractivity contribution in [3.63, 3.8) is 0 Å². The van der Waals surface area contributed by atoms with Crippen LogP contribution in [0.5, 0.6) is 11.5 Å². The standard InChI is InChI=1S/C29H31N3O4S/c1-19-25(35-2)14-22(15-26(19)36-3)28(33)31-16-21-11-13-32(24(21)17-31)29(34)23-10-7-12-30-27(23)37-18-20-8-5-4-6-9-20/h4-10,12,14-15,21,24H,11,13,16-18H2,1-3H3/t21-,24+/m0/s1. The number of benzene rings is 2. The highest BCUT2D eigenvalue weighted by Gasteiger charge is 2.45. The molecule has 2 amide bonds. The van der Waals surface area contributed by atoms with Gasteiger partial charge in [0.2, 0.25) is 0 Å². The fraction of sp³-hybridized carbons (Fsp3) is 0.345. The minimum absolute atomic E-state index is 0.00197. The Morgan fingerprint density at radius 3 is 2.43 bits per heavy atom. The second kappa shape index (κ2) is 10.8. The number of nitrogens with zero attached hydrogens (tertiary/aromatic N) is 3. The molecule has 0 N–H and O–H groups in total. The molecule has 0 spiro atoms. The molecular formula is C29H31N3O4S. The van der Waals surface area contributed by atoms with E-state index >= 15 is 0 Å². The van der Waals surface area contributed by atoms with Gasteiger partial charge in [0.1, 0.15) is 16.5 Å². The van der Waals surface area contributed by atoms with Crippen molar-refractivity contribution in [1.29, 1.82) is 0 Å². The molecule has 8 heteroatoms. The van der Waals surface area contributed by atoms with Crippen LogP contribution in [0.4, 0.5) is 0 Å². The van der Waals surface area contributed by atoms with E-state index in [2.05, 4.69) is 17.1 Å². The van der Waals surface area contributed by atoms with E-state index in [-0.39, 0.29) is 23.8 Å². The van der Waals surface area contributed by atoms with Crippen molar-refractivity contribution in [1.82, 2.24) is 14.8 Å². The largest absolute Gasteiger partial charge is 0.496 e. The Hall–Kier alpha value is -3.52. The minimum Gasteiger partial charge on any atom is -0.496 e. The summed E-state index contributed by atoms with van der Waals surface area (Å²) < 4.78 is 10.9. The smallest absolute Gasteiger partial charge is 0.256 e. The molecular weight excluding hydrogens is 486 g/mol. The zero-order valence-electron chi connectivity index (χ0n) is 21.3. The summed E-state index contributed by atoms with van der Waals surface area (Å²) >= 11 is 1.58. The van der Waals surface area contributed by atoms with Gasteiger partial charge in [-0.05, 0) is 43.2 Å². The van der Waals surface area contributed by atoms with Crippen molar-refractivity contribution in [2.24, 2.45) is 5.92 Å². The van der Waals surface area contributed by atoms with Gasteiger partial charge in [-0.15, -0.1) is 11.8 Å². The van der Waals surface area contributed by atoms with Crippen LogP contribution in [0, 0.1) is 12.8 Å². The van der Waals surface area contributed by atoms with Crippen molar-refractivity contribution in [2.75, 3.05) is 33.9 Å². The molecule has 2 aliphatic heterocycles. The van der Waals surface area contributed by atoms with Crippen LogP contribution in [0.1, 0.15) is 38.3 Å². The van der Waals surface area contributed by atoms with Crippen LogP contribution in [0.15, 0.2) is 65.8 Å². The third-order valence-corrected chi connectivity index (χ3v) is 8.39. The number of likely N-dealkylation sites (tertiary alicyclic amines) is 2. The molecule has 7 nitrogen and oxygen atoms in total. The highest BCUT2D eigenvalue weighted by Crippen LogP contribution is 2.36. The Balaban J connectivity index is 1.31. The van der Waals surface area contributed by atoms with E-state index < -0.39 is 0 Å². The van der Waals surface area contributed by atoms with E-state index in [0.29, 0.717) is 42.3 Å². The van der Waals surface area contributed by atoms with Crippen molar-refractivity contribution in [2.45, 2.75) is 30.2 Å². The van der Waals surface area contributed by atoms with Crippen LogP contribution in [0.3, 0.4) is 0 Å². The van der Waals surface area contributed by atoms with Crippen LogP contribution in [-0.4, -0.2) is 66.5 Å². The van der Waals surface area contributed by atoms with E-state index in [4.69, 9.17) is 9.47 Å². The van der Waals surface area contributed by atoms with Gasteiger partial charge in [0.25, 0.3) is 11.8 Å². The first-order valence-corrected chi connectivity index (χ1v) is 13.4. The SMILES string of the molecule is COc1cc(C(=O)N2C[C@@H]3CCN(C(=O)c4cccnc4SCc4ccccc4)[C@@H]3C2)cc(OC)c1C. The van der Waals surface area contributed by atoms with Crippen molar-refractivity contribution in [3.05, 3.63) is 83.0 Å². The lowest BCUT2D eigenvalue weighted by Gasteiger charge is -2.26. The highest BCUT2D eigenvalue weighted by atomic mass is 32.2. The van der Waals surface area contributed by atoms with Crippen LogP contribution in [0.25, 0.3) is 0 Å². The molecule has 2 aromatic carbocycles. The maximum absolute atomic E-state index is 13.7. The molecule has 0 bridgehead atoms. The molecule has 0 aliphatic carbocycles. The average Bonchev–Trinajstić information content (AvgIpc) is 3.53. The lowest BCUT2D eigenvalue weighted by molar-refractivity contribution is 0.0686. The maximum atomic E-state index is 13.7. The molecule has 2 saturated heterocycles. The predicted octanol–water partition coefficient (Wildman–Crippen LogP) is 4.69. The monoisotopic (exact) mass is 517 g/mol. The van der Waals surface area contributed by atoms with E-state index in [9.17, 15) is 9.59 Å². The van der Waals surface area contributed by atoms with Gasteiger partial charge in [-0.1, -0.05) is 30.3 Å². The Morgan fingerprint density at radius 2 is 1.73 bits per heavy atom. The van der Waals surface area contributed by atoms with E-state index in [1.54, 1.807) is 44.3 Å². The number of carbonyl (C=O) groups is 2. The average molecular weight is 518 g/mol. The quantitative estimate of drug-likeness (QED) is 0.424. The number of hydrogen-bond donors (Lipinski definition) is 0. The number of rotatable bonds is 7. The summed E-state index contributed by atoms with van der Waals surface area (Å²) in [5.41, 5.74) is 3.20. The van der Waals surface area contributed by atoms with E-state index in [1.807, 2.05) is 47.1 Å². The summed E-state index contributed by atoms with van der Waals surface area (Å²) in [6, 6.07) is 17.4. The van der Waals surface area contributed by atoms with Crippen LogP contribution < -0.4 is 9.47 Å². The van der Waals surface area contributed by atoms with Crippen molar-refractivity contribution < 1.29 is 19.1 Å². The predicted molar refractivity (Wildman–Crippen MR) is 143 cm³/mol. The minimum atomic E-state index is -0.0705. The molecule has 37 heavy (non-hydrogen) atoms. The summed E-state index contributed by atoms with van der Waals surface area (Å²) in [5.74, 6) is 2.17. The van der Waals surface area contributed by atoms with Gasteiger partial charge in [0.05, 0.1) is 25.8 Å². The van der Waals surface area contributed by atoms with Gasteiger partial charge in [0, 0.05) is 48.6 Å². The van der Waals surface area contributed by atoms with Crippen LogP contribution >= 0.6 is 11.8 Å². The Morgan fingerprint density at radius 1 is 1.00 bits per heavy atom. The second-order valence-electron chi connectivity index (χ2n) is 9.46. The number of ether oxygens (including phenoxy) is 2. The summed E-state index contributed by atoms with van der Waals surface area (Å²) in [7, 11) is 3.18. The number of carbonyl (C=O) groups excluding carboxylic acids is 2. The van der Waals surface area contributed by atoms with E-state index in [1.165, 1.54) is 5.56 Å². The maximum Gasteiger partial charge on any atom is 0.256 e. The second-order valence-corrected chi connectivity index (χ2v) is 10.4. The van der Waals surface area contributed by atoms with Gasteiger partial charge >= 0.3 is 0 Å². The van der Waals surface area contributed by atoms with Gasteiger partial charge < -0.3 is 19.3 Å². The molecule has 2 atom stereocenters. The number of pyridine rings is 1. The first kappa shape index (κ1) is 25.1. The van der Waals surface area contributed by atoms with Gasteiger partial charge in [-0.3, -0.25) is 9.59 Å². The lowest BCUT2D eigenvalue weighted by atomic mass is 10.0. The molecule has 192 valence electrons. The zero-order valence-corrected chi connectivity index (χ0v) is 22.2. The van der Waals surface area contributed by atoms with Gasteiger partial charge in [-0.25, -0.2) is 4.98 Å². The molecule has 5 rings (SSSR count). The molecule has 3 aromatic rings. The van der Waals surface area contributed by atoms with Crippen LogP contribution in [-0.2, 0) is 5.75 Å². The molecule has 3 heterocycles. The van der Waals surface area contributed by atoms with Crippen LogP contribution in [0.2, 0.25) is 0 Å². The number of aromatic nitrogens is 1. The fourth-order valence-electron chi connectivity index (χ4n) is 5.32. The summed E-state index contributed by atoms with van der Waals surface area (Å²) in [4.78, 5) is 35.5. The van der Waals surface area contributed by atoms with Gasteiger partial charge in [-0.2, -0.15) is 0 Å². The Bertz CT molecular complexity index is 1270. The Kier molecular flexibility index (Phi) is 7.37. The topological polar surface area (TPSA) is 72.0 Å². The summed E-state index contributed by atoms with van der Waals surface area (Å²) in [6.45, 7) is 3.75. The number of hydrogen-bond acceptors (Lipinski definition) is 6. The fourth-order valence-corrected chi connectivity index (χ4v) is 6.26. The van der Waals surface area contributed by atoms with Gasteiger partial charge in [0.15, 0.2) is 0 Å². The number of fused-ring (bicyclic) bond motifs is 1. The van der Waals surface area contributed by atoms with Crippen molar-refractivity contribution >= 4 is 23.6 Å². The zero-order chi connectivity index (χ0) is 25.9. The molecule has 0 radical (unpaired) electrons. The summed E-state index contributed by atoms with van der Waals surface area (Å²) in [5, 5.41) is 0.740. The molecule has 0 saturated carbocycles. The number of amides is 2. The number of methoxy groups -OCH3 is 2. The van der Waals surface area contributed by atoms with Crippen molar-refractivity contribution in [3.8, 4) is 11.5 Å². The first-order chi connectivity index (χ1) is 18.0. The molecule has 2 aliphatic rings. The van der Waals surface area contributed by atoms with E-state index in [0.717, 1.165) is 22.8 Å². The molecule has 1 aromatic heterocycles. The lowest BCUT2D eigenvalue weighted by Crippen LogP contribution is -2.41. The first-order valence-electron chi connectivity index (χ1n) is 12.4. The molecule has 2 fully saturated rings. The third kappa shape index (κ3) is 5.03. The Labute approximate surface area is 221 Å². The number of thioether (sulfide) groups is 1. The highest BCUT2D eigenvalue weighted by molar-refractivity contribution is 7.98. The normalized spacial score (nSPS) is 18.6. The molecule has 0 unspecified atom stereocenters. The summed E-state index contributed by atoms with van der Waals surface area (Å²) in [6.07, 6.45) is 2.62.